The van der Waals surface area contributed by atoms with Crippen molar-refractivity contribution in [1.29, 1.82) is 0 Å². The molecule has 6 rings (SSSR count). The summed E-state index contributed by atoms with van der Waals surface area (Å²) >= 11 is 5.90. The predicted molar refractivity (Wildman–Crippen MR) is 179 cm³/mol. The van der Waals surface area contributed by atoms with Crippen molar-refractivity contribution in [2.24, 2.45) is 0 Å². The van der Waals surface area contributed by atoms with Gasteiger partial charge in [-0.2, -0.15) is 0 Å². The molecule has 0 aliphatic carbocycles. The molecule has 2 aromatic heterocycles. The smallest absolute Gasteiger partial charge is 0.226 e. The van der Waals surface area contributed by atoms with Gasteiger partial charge in [-0.25, -0.2) is 0 Å². The third-order valence-corrected chi connectivity index (χ3v) is 8.61. The Labute approximate surface area is 258 Å². The molecule has 5 aromatic rings. The summed E-state index contributed by atoms with van der Waals surface area (Å²) in [6.45, 7) is 4.76. The number of hydrogen-bond donors (Lipinski definition) is 2. The lowest BCUT2D eigenvalue weighted by Crippen LogP contribution is -2.33. The molecule has 8 heteroatoms. The molecule has 0 saturated carbocycles. The normalized spacial score (nSPS) is 16.4. The fourth-order valence-corrected chi connectivity index (χ4v) is 6.47. The summed E-state index contributed by atoms with van der Waals surface area (Å²) in [5.74, 6) is -0.0503. The van der Waals surface area contributed by atoms with Gasteiger partial charge in [0.1, 0.15) is 0 Å². The topological polar surface area (TPSA) is 65.4 Å². The van der Waals surface area contributed by atoms with Gasteiger partial charge in [-0.15, -0.1) is 0 Å². The molecule has 1 fully saturated rings. The number of anilines is 2. The van der Waals surface area contributed by atoms with Crippen LogP contribution in [0.15, 0.2) is 97.2 Å². The van der Waals surface area contributed by atoms with Gasteiger partial charge in [-0.05, 0) is 85.5 Å². The molecule has 0 bridgehead atoms. The Bertz CT molecular complexity index is 1770. The molecular formula is C35H36N6OS. The van der Waals surface area contributed by atoms with Gasteiger partial charge in [0.05, 0.1) is 17.8 Å². The Morgan fingerprint density at radius 2 is 1.72 bits per heavy atom. The van der Waals surface area contributed by atoms with E-state index in [4.69, 9.17) is 12.2 Å². The van der Waals surface area contributed by atoms with Gasteiger partial charge in [-0.1, -0.05) is 42.5 Å². The molecule has 3 heterocycles. The number of carbonyl (C=O) groups is 1. The molecule has 0 unspecified atom stereocenters. The molecule has 2 atom stereocenters. The number of amides is 1. The molecule has 1 aliphatic heterocycles. The van der Waals surface area contributed by atoms with E-state index in [-0.39, 0.29) is 18.0 Å². The summed E-state index contributed by atoms with van der Waals surface area (Å²) < 4.78 is 2.29. The lowest BCUT2D eigenvalue weighted by atomic mass is 9.96. The summed E-state index contributed by atoms with van der Waals surface area (Å²) in [6, 6.07) is 30.5. The molecule has 1 aliphatic rings. The maximum absolute atomic E-state index is 13.3. The molecule has 0 spiro atoms. The second-order valence-corrected chi connectivity index (χ2v) is 11.6. The van der Waals surface area contributed by atoms with Gasteiger partial charge in [0.15, 0.2) is 5.11 Å². The number of nitrogens with zero attached hydrogens (tertiary/aromatic N) is 4. The Hall–Kier alpha value is -4.69. The second kappa shape index (κ2) is 11.9. The summed E-state index contributed by atoms with van der Waals surface area (Å²) in [7, 11) is 4.09. The van der Waals surface area contributed by atoms with Crippen LogP contribution in [0.4, 0.5) is 11.4 Å². The van der Waals surface area contributed by atoms with E-state index in [2.05, 4.69) is 86.3 Å². The summed E-state index contributed by atoms with van der Waals surface area (Å²) in [6.07, 6.45) is 2.11. The van der Waals surface area contributed by atoms with Crippen molar-refractivity contribution in [3.05, 3.63) is 120 Å². The first-order valence-electron chi connectivity index (χ1n) is 14.5. The Morgan fingerprint density at radius 1 is 0.977 bits per heavy atom. The lowest BCUT2D eigenvalue weighted by Gasteiger charge is -2.28. The predicted octanol–water partition coefficient (Wildman–Crippen LogP) is 6.71. The highest BCUT2D eigenvalue weighted by atomic mass is 32.1. The van der Waals surface area contributed by atoms with Crippen LogP contribution in [-0.4, -0.2) is 46.1 Å². The Morgan fingerprint density at radius 3 is 2.47 bits per heavy atom. The number of nitrogens with one attached hydrogen (secondary N) is 2. The van der Waals surface area contributed by atoms with Crippen molar-refractivity contribution in [2.75, 3.05) is 30.9 Å². The number of thiocarbonyl (C=S) groups is 1. The molecule has 218 valence electrons. The maximum atomic E-state index is 13.3. The van der Waals surface area contributed by atoms with Crippen LogP contribution in [0.3, 0.4) is 0 Å². The van der Waals surface area contributed by atoms with Crippen molar-refractivity contribution in [2.45, 2.75) is 32.4 Å². The maximum Gasteiger partial charge on any atom is 0.226 e. The van der Waals surface area contributed by atoms with Crippen LogP contribution in [0.5, 0.6) is 0 Å². The molecule has 2 N–H and O–H groups in total. The monoisotopic (exact) mass is 588 g/mol. The van der Waals surface area contributed by atoms with Crippen LogP contribution in [0, 0.1) is 13.8 Å². The fraction of sp³-hybridized carbons (Fsp3) is 0.229. The zero-order chi connectivity index (χ0) is 30.1. The van der Waals surface area contributed by atoms with Crippen LogP contribution in [0.2, 0.25) is 0 Å². The number of aryl methyl sites for hydroxylation is 1. The van der Waals surface area contributed by atoms with Gasteiger partial charge in [-0.3, -0.25) is 9.78 Å². The van der Waals surface area contributed by atoms with E-state index in [1.165, 1.54) is 0 Å². The van der Waals surface area contributed by atoms with Gasteiger partial charge < -0.3 is 25.0 Å². The van der Waals surface area contributed by atoms with Gasteiger partial charge in [0, 0.05) is 67.1 Å². The quantitative estimate of drug-likeness (QED) is 0.197. The zero-order valence-electron chi connectivity index (χ0n) is 24.9. The summed E-state index contributed by atoms with van der Waals surface area (Å²) in [5.41, 5.74) is 7.42. The highest BCUT2D eigenvalue weighted by Crippen LogP contribution is 2.41. The highest BCUT2D eigenvalue weighted by Gasteiger charge is 2.41. The molecular weight excluding hydrogens is 552 g/mol. The van der Waals surface area contributed by atoms with E-state index in [0.717, 1.165) is 50.5 Å². The number of fused-ring (bicyclic) bond motifs is 1. The number of aromatic nitrogens is 2. The average molecular weight is 589 g/mol. The largest absolute Gasteiger partial charge is 0.378 e. The number of benzene rings is 3. The van der Waals surface area contributed by atoms with Crippen molar-refractivity contribution in [3.63, 3.8) is 0 Å². The third kappa shape index (κ3) is 5.58. The van der Waals surface area contributed by atoms with E-state index < -0.39 is 0 Å². The van der Waals surface area contributed by atoms with E-state index in [9.17, 15) is 4.79 Å². The van der Waals surface area contributed by atoms with Crippen molar-refractivity contribution in [3.8, 4) is 5.69 Å². The molecule has 43 heavy (non-hydrogen) atoms. The van der Waals surface area contributed by atoms with E-state index in [1.807, 2.05) is 68.8 Å². The number of pyridine rings is 1. The minimum Gasteiger partial charge on any atom is -0.378 e. The van der Waals surface area contributed by atoms with Gasteiger partial charge in [0.2, 0.25) is 5.91 Å². The first kappa shape index (κ1) is 28.4. The van der Waals surface area contributed by atoms with Crippen LogP contribution >= 0.6 is 12.2 Å². The molecule has 1 saturated heterocycles. The summed E-state index contributed by atoms with van der Waals surface area (Å²) in [4.78, 5) is 22.2. The Balaban J connectivity index is 1.30. The lowest BCUT2D eigenvalue weighted by molar-refractivity contribution is -0.116. The van der Waals surface area contributed by atoms with Crippen molar-refractivity contribution < 1.29 is 4.79 Å². The Kier molecular flexibility index (Phi) is 7.86. The highest BCUT2D eigenvalue weighted by molar-refractivity contribution is 7.80. The minimum absolute atomic E-state index is 0.0503. The minimum atomic E-state index is -0.153. The van der Waals surface area contributed by atoms with Crippen LogP contribution in [-0.2, 0) is 4.79 Å². The number of hydrogen-bond acceptors (Lipinski definition) is 4. The van der Waals surface area contributed by atoms with Crippen LogP contribution < -0.4 is 15.5 Å². The van der Waals surface area contributed by atoms with Crippen LogP contribution in [0.25, 0.3) is 16.5 Å². The first-order valence-corrected chi connectivity index (χ1v) is 14.9. The molecule has 1 amide bonds. The number of rotatable bonds is 8. The third-order valence-electron chi connectivity index (χ3n) is 8.25. The van der Waals surface area contributed by atoms with Crippen molar-refractivity contribution >= 4 is 45.4 Å². The second-order valence-electron chi connectivity index (χ2n) is 11.2. The zero-order valence-corrected chi connectivity index (χ0v) is 25.7. The fourth-order valence-electron chi connectivity index (χ4n) is 6.14. The van der Waals surface area contributed by atoms with Gasteiger partial charge in [0.25, 0.3) is 0 Å². The van der Waals surface area contributed by atoms with E-state index in [1.54, 1.807) is 0 Å². The van der Waals surface area contributed by atoms with Crippen LogP contribution in [0.1, 0.15) is 41.1 Å². The summed E-state index contributed by atoms with van der Waals surface area (Å²) in [5, 5.41) is 9.40. The first-order chi connectivity index (χ1) is 20.8. The molecule has 7 nitrogen and oxygen atoms in total. The van der Waals surface area contributed by atoms with E-state index >= 15 is 0 Å². The average Bonchev–Trinajstić information content (AvgIpc) is 3.50. The van der Waals surface area contributed by atoms with Gasteiger partial charge >= 0.3 is 0 Å². The standard InChI is InChI=1S/C35H36N6OS/c1-23-22-29(24(2)41(23)27-17-15-26(16-18-27)39(3)4)34-33(31-13-7-8-20-36-31)38-35(43)40(34)21-19-32(42)37-30-14-9-11-25-10-5-6-12-28(25)30/h5-18,20,22,33-34H,19,21H2,1-4H3,(H,37,42)(H,38,43)/t33-,34-/m1/s1. The van der Waals surface area contributed by atoms with E-state index in [0.29, 0.717) is 18.1 Å². The SMILES string of the molecule is Cc1cc([C@@H]2[C@@H](c3ccccn3)NC(=S)N2CCC(=O)Nc2cccc3ccccc23)c(C)n1-c1ccc(N(C)C)cc1. The molecule has 0 radical (unpaired) electrons. The molecule has 3 aromatic carbocycles. The van der Waals surface area contributed by atoms with Crippen molar-refractivity contribution in [1.82, 2.24) is 19.8 Å². The number of carbonyl (C=O) groups excluding carboxylic acids is 1.